The number of fused-ring (bicyclic) bond motifs is 1. The van der Waals surface area contributed by atoms with E-state index in [-0.39, 0.29) is 5.91 Å². The van der Waals surface area contributed by atoms with Gasteiger partial charge in [-0.1, -0.05) is 20.8 Å². The van der Waals surface area contributed by atoms with Crippen LogP contribution in [-0.2, 0) is 11.2 Å². The number of aromatic nitrogens is 1. The molecular weight excluding hydrogens is 380 g/mol. The van der Waals surface area contributed by atoms with Crippen LogP contribution in [0.25, 0.3) is 22.6 Å². The number of oxazole rings is 1. The van der Waals surface area contributed by atoms with E-state index in [0.717, 1.165) is 33.2 Å². The second-order valence-corrected chi connectivity index (χ2v) is 7.38. The van der Waals surface area contributed by atoms with Gasteiger partial charge in [-0.2, -0.15) is 0 Å². The summed E-state index contributed by atoms with van der Waals surface area (Å²) < 4.78 is 6.83. The van der Waals surface area contributed by atoms with Crippen molar-refractivity contribution in [3.05, 3.63) is 46.4 Å². The van der Waals surface area contributed by atoms with Crippen molar-refractivity contribution < 1.29 is 9.21 Å². The Kier molecular flexibility index (Phi) is 5.23. The Morgan fingerprint density at radius 3 is 2.60 bits per heavy atom. The smallest absolute Gasteiger partial charge is 0.227 e. The van der Waals surface area contributed by atoms with E-state index in [1.54, 1.807) is 0 Å². The first-order valence-electron chi connectivity index (χ1n) is 8.45. The van der Waals surface area contributed by atoms with E-state index >= 15 is 0 Å². The Balaban J connectivity index is 1.83. The van der Waals surface area contributed by atoms with Crippen LogP contribution < -0.4 is 5.32 Å². The standard InChI is InChI=1S/C20H21BrN2O2/c1-4-13-10-16(21)19-17(11-13)23-20(25-19)14-5-7-15(8-6-14)22-18(24)9-12(2)3/h5-8,10-12H,4,9H2,1-3H3,(H,22,24). The molecule has 0 saturated carbocycles. The maximum atomic E-state index is 11.8. The Morgan fingerprint density at radius 2 is 1.96 bits per heavy atom. The van der Waals surface area contributed by atoms with Crippen LogP contribution >= 0.6 is 15.9 Å². The number of benzene rings is 2. The number of hydrogen-bond donors (Lipinski definition) is 1. The number of carbonyl (C=O) groups excluding carboxylic acids is 1. The number of halogens is 1. The van der Waals surface area contributed by atoms with Gasteiger partial charge in [0.2, 0.25) is 11.8 Å². The summed E-state index contributed by atoms with van der Waals surface area (Å²) in [6.45, 7) is 6.16. The van der Waals surface area contributed by atoms with Crippen molar-refractivity contribution in [1.82, 2.24) is 4.98 Å². The summed E-state index contributed by atoms with van der Waals surface area (Å²) >= 11 is 3.55. The summed E-state index contributed by atoms with van der Waals surface area (Å²) in [5, 5.41) is 2.91. The zero-order valence-electron chi connectivity index (χ0n) is 14.6. The molecule has 130 valence electrons. The van der Waals surface area contributed by atoms with E-state index in [2.05, 4.69) is 39.2 Å². The number of hydrogen-bond acceptors (Lipinski definition) is 3. The lowest BCUT2D eigenvalue weighted by molar-refractivity contribution is -0.116. The van der Waals surface area contributed by atoms with Gasteiger partial charge in [0, 0.05) is 17.7 Å². The van der Waals surface area contributed by atoms with E-state index in [4.69, 9.17) is 4.42 Å². The fraction of sp³-hybridized carbons (Fsp3) is 0.300. The van der Waals surface area contributed by atoms with Gasteiger partial charge in [0.05, 0.1) is 4.47 Å². The molecule has 0 aliphatic carbocycles. The van der Waals surface area contributed by atoms with E-state index in [0.29, 0.717) is 18.2 Å². The average Bonchev–Trinajstić information content (AvgIpc) is 2.99. The number of nitrogens with zero attached hydrogens (tertiary/aromatic N) is 1. The first-order valence-corrected chi connectivity index (χ1v) is 9.24. The van der Waals surface area contributed by atoms with Gasteiger partial charge in [-0.3, -0.25) is 4.79 Å². The van der Waals surface area contributed by atoms with Crippen LogP contribution in [0.2, 0.25) is 0 Å². The number of amides is 1. The zero-order chi connectivity index (χ0) is 18.0. The molecule has 1 heterocycles. The highest BCUT2D eigenvalue weighted by Crippen LogP contribution is 2.31. The third-order valence-electron chi connectivity index (χ3n) is 3.92. The van der Waals surface area contributed by atoms with Gasteiger partial charge in [-0.05, 0) is 70.2 Å². The molecular formula is C20H21BrN2O2. The molecule has 0 bridgehead atoms. The predicted octanol–water partition coefficient (Wildman–Crippen LogP) is 5.80. The molecule has 4 nitrogen and oxygen atoms in total. The second kappa shape index (κ2) is 7.40. The van der Waals surface area contributed by atoms with Crippen LogP contribution in [0.3, 0.4) is 0 Å². The third kappa shape index (κ3) is 4.10. The SMILES string of the molecule is CCc1cc(Br)c2oc(-c3ccc(NC(=O)CC(C)C)cc3)nc2c1. The minimum absolute atomic E-state index is 0.0284. The molecule has 1 N–H and O–H groups in total. The lowest BCUT2D eigenvalue weighted by atomic mass is 10.1. The van der Waals surface area contributed by atoms with E-state index in [1.807, 2.05) is 44.2 Å². The van der Waals surface area contributed by atoms with Crippen molar-refractivity contribution in [3.63, 3.8) is 0 Å². The molecule has 25 heavy (non-hydrogen) atoms. The summed E-state index contributed by atoms with van der Waals surface area (Å²) in [4.78, 5) is 16.4. The predicted molar refractivity (Wildman–Crippen MR) is 105 cm³/mol. The van der Waals surface area contributed by atoms with Gasteiger partial charge in [-0.15, -0.1) is 0 Å². The summed E-state index contributed by atoms with van der Waals surface area (Å²) in [5.41, 5.74) is 4.46. The van der Waals surface area contributed by atoms with Crippen molar-refractivity contribution in [2.45, 2.75) is 33.6 Å². The van der Waals surface area contributed by atoms with Gasteiger partial charge < -0.3 is 9.73 Å². The largest absolute Gasteiger partial charge is 0.435 e. The van der Waals surface area contributed by atoms with Crippen LogP contribution in [0.15, 0.2) is 45.3 Å². The number of nitrogens with one attached hydrogen (secondary N) is 1. The quantitative estimate of drug-likeness (QED) is 0.588. The Bertz CT molecular complexity index is 898. The van der Waals surface area contributed by atoms with Crippen LogP contribution in [0.5, 0.6) is 0 Å². The molecule has 0 aliphatic rings. The Labute approximate surface area is 155 Å². The Hall–Kier alpha value is -2.14. The molecule has 3 aromatic rings. The normalized spacial score (nSPS) is 11.2. The van der Waals surface area contributed by atoms with E-state index in [9.17, 15) is 4.79 Å². The zero-order valence-corrected chi connectivity index (χ0v) is 16.2. The molecule has 0 aliphatic heterocycles. The lowest BCUT2D eigenvalue weighted by Crippen LogP contribution is -2.13. The molecule has 5 heteroatoms. The number of anilines is 1. The molecule has 0 unspecified atom stereocenters. The fourth-order valence-corrected chi connectivity index (χ4v) is 3.23. The van der Waals surface area contributed by atoms with Crippen molar-refractivity contribution in [2.24, 2.45) is 5.92 Å². The maximum Gasteiger partial charge on any atom is 0.227 e. The van der Waals surface area contributed by atoms with Gasteiger partial charge in [0.1, 0.15) is 5.52 Å². The summed E-state index contributed by atoms with van der Waals surface area (Å²) in [6, 6.07) is 11.7. The van der Waals surface area contributed by atoms with Gasteiger partial charge in [0.25, 0.3) is 0 Å². The average molecular weight is 401 g/mol. The molecule has 1 amide bonds. The number of carbonyl (C=O) groups is 1. The summed E-state index contributed by atoms with van der Waals surface area (Å²) in [6.07, 6.45) is 1.46. The monoisotopic (exact) mass is 400 g/mol. The van der Waals surface area contributed by atoms with Gasteiger partial charge in [-0.25, -0.2) is 4.98 Å². The highest BCUT2D eigenvalue weighted by atomic mass is 79.9. The molecule has 0 saturated heterocycles. The van der Waals surface area contributed by atoms with Gasteiger partial charge >= 0.3 is 0 Å². The highest BCUT2D eigenvalue weighted by Gasteiger charge is 2.12. The molecule has 0 fully saturated rings. The molecule has 0 spiro atoms. The van der Waals surface area contributed by atoms with Crippen LogP contribution in [0.4, 0.5) is 5.69 Å². The first-order chi connectivity index (χ1) is 12.0. The molecule has 3 rings (SSSR count). The molecule has 1 aromatic heterocycles. The van der Waals surface area contributed by atoms with Crippen LogP contribution in [-0.4, -0.2) is 10.9 Å². The van der Waals surface area contributed by atoms with E-state index < -0.39 is 0 Å². The van der Waals surface area contributed by atoms with Crippen LogP contribution in [0, 0.1) is 5.92 Å². The lowest BCUT2D eigenvalue weighted by Gasteiger charge is -2.07. The molecule has 0 atom stereocenters. The van der Waals surface area contributed by atoms with Crippen LogP contribution in [0.1, 0.15) is 32.8 Å². The number of aryl methyl sites for hydroxylation is 1. The topological polar surface area (TPSA) is 55.1 Å². The summed E-state index contributed by atoms with van der Waals surface area (Å²) in [5.74, 6) is 0.940. The third-order valence-corrected chi connectivity index (χ3v) is 4.51. The molecule has 2 aromatic carbocycles. The minimum atomic E-state index is 0.0284. The number of rotatable bonds is 5. The fourth-order valence-electron chi connectivity index (χ4n) is 2.65. The van der Waals surface area contributed by atoms with Crippen molar-refractivity contribution >= 4 is 38.6 Å². The first kappa shape index (κ1) is 17.7. The Morgan fingerprint density at radius 1 is 1.24 bits per heavy atom. The van der Waals surface area contributed by atoms with E-state index in [1.165, 1.54) is 5.56 Å². The minimum Gasteiger partial charge on any atom is -0.435 e. The maximum absolute atomic E-state index is 11.8. The van der Waals surface area contributed by atoms with Crippen molar-refractivity contribution in [3.8, 4) is 11.5 Å². The summed E-state index contributed by atoms with van der Waals surface area (Å²) in [7, 11) is 0. The molecule has 0 radical (unpaired) electrons. The highest BCUT2D eigenvalue weighted by molar-refractivity contribution is 9.10. The van der Waals surface area contributed by atoms with Crippen molar-refractivity contribution in [1.29, 1.82) is 0 Å². The van der Waals surface area contributed by atoms with Crippen molar-refractivity contribution in [2.75, 3.05) is 5.32 Å². The van der Waals surface area contributed by atoms with Gasteiger partial charge in [0.15, 0.2) is 5.58 Å². The second-order valence-electron chi connectivity index (χ2n) is 6.52.